The molecule has 3 N–H and O–H groups in total. The van der Waals surface area contributed by atoms with Crippen LogP contribution in [0.3, 0.4) is 0 Å². The van der Waals surface area contributed by atoms with Crippen LogP contribution in [-0.4, -0.2) is 34.2 Å². The third-order valence-electron chi connectivity index (χ3n) is 2.50. The first-order chi connectivity index (χ1) is 6.74. The summed E-state index contributed by atoms with van der Waals surface area (Å²) in [5.41, 5.74) is 6.74. The number of hydrogen-bond acceptors (Lipinski definition) is 4. The van der Waals surface area contributed by atoms with Crippen LogP contribution in [0.1, 0.15) is 12.0 Å². The Morgan fingerprint density at radius 1 is 1.64 bits per heavy atom. The molecule has 0 spiro atoms. The third-order valence-corrected chi connectivity index (χ3v) is 2.50. The Morgan fingerprint density at radius 2 is 2.50 bits per heavy atom. The van der Waals surface area contributed by atoms with Gasteiger partial charge in [-0.3, -0.25) is 4.90 Å². The minimum absolute atomic E-state index is 0.158. The molecule has 0 saturated carbocycles. The number of aliphatic hydroxyl groups excluding tert-OH is 1. The van der Waals surface area contributed by atoms with Crippen LogP contribution in [0.5, 0.6) is 0 Å². The average molecular weight is 193 g/mol. The number of β-amino-alcohol motifs (C(OH)–C–C–N with tert-alkyl or cyclic N) is 1. The Hall–Kier alpha value is -1.13. The average Bonchev–Trinajstić information content (AvgIpc) is 2.51. The van der Waals surface area contributed by atoms with E-state index in [1.54, 1.807) is 6.20 Å². The van der Waals surface area contributed by atoms with Crippen LogP contribution in [0, 0.1) is 0 Å². The molecule has 0 bridgehead atoms. The third kappa shape index (κ3) is 2.21. The summed E-state index contributed by atoms with van der Waals surface area (Å²) in [6, 6.07) is 3.84. The molecular formula is C10H15N3O. The van der Waals surface area contributed by atoms with Crippen molar-refractivity contribution in [3.8, 4) is 0 Å². The molecule has 1 saturated heterocycles. The van der Waals surface area contributed by atoms with Crippen molar-refractivity contribution in [3.63, 3.8) is 0 Å². The Labute approximate surface area is 83.4 Å². The van der Waals surface area contributed by atoms with Gasteiger partial charge in [-0.15, -0.1) is 0 Å². The van der Waals surface area contributed by atoms with E-state index in [2.05, 4.69) is 9.88 Å². The Bertz CT molecular complexity index is 316. The second-order valence-electron chi connectivity index (χ2n) is 3.77. The van der Waals surface area contributed by atoms with Gasteiger partial charge in [-0.05, 0) is 24.1 Å². The molecule has 0 radical (unpaired) electrons. The van der Waals surface area contributed by atoms with Crippen LogP contribution in [0.2, 0.25) is 0 Å². The van der Waals surface area contributed by atoms with E-state index in [4.69, 9.17) is 5.73 Å². The molecule has 0 aliphatic carbocycles. The minimum atomic E-state index is -0.158. The van der Waals surface area contributed by atoms with Gasteiger partial charge in [0.2, 0.25) is 0 Å². The van der Waals surface area contributed by atoms with E-state index in [0.717, 1.165) is 31.6 Å². The predicted molar refractivity (Wildman–Crippen MR) is 54.6 cm³/mol. The zero-order valence-corrected chi connectivity index (χ0v) is 8.06. The van der Waals surface area contributed by atoms with Crippen LogP contribution in [0.4, 0.5) is 5.82 Å². The normalized spacial score (nSPS) is 22.8. The highest BCUT2D eigenvalue weighted by Gasteiger charge is 2.19. The number of nitrogens with two attached hydrogens (primary N) is 1. The summed E-state index contributed by atoms with van der Waals surface area (Å²) in [6.07, 6.45) is 2.44. The molecular weight excluding hydrogens is 178 g/mol. The fraction of sp³-hybridized carbons (Fsp3) is 0.500. The van der Waals surface area contributed by atoms with Gasteiger partial charge < -0.3 is 10.8 Å². The number of hydrogen-bond donors (Lipinski definition) is 2. The topological polar surface area (TPSA) is 62.4 Å². The van der Waals surface area contributed by atoms with Crippen molar-refractivity contribution in [2.75, 3.05) is 18.8 Å². The Kier molecular flexibility index (Phi) is 2.65. The first-order valence-electron chi connectivity index (χ1n) is 4.85. The van der Waals surface area contributed by atoms with Crippen molar-refractivity contribution in [3.05, 3.63) is 23.9 Å². The lowest BCUT2D eigenvalue weighted by atomic mass is 10.2. The monoisotopic (exact) mass is 193 g/mol. The quantitative estimate of drug-likeness (QED) is 0.706. The van der Waals surface area contributed by atoms with Crippen molar-refractivity contribution in [1.29, 1.82) is 0 Å². The van der Waals surface area contributed by atoms with E-state index < -0.39 is 0 Å². The van der Waals surface area contributed by atoms with Crippen molar-refractivity contribution >= 4 is 5.82 Å². The van der Waals surface area contributed by atoms with Crippen LogP contribution in [-0.2, 0) is 6.54 Å². The lowest BCUT2D eigenvalue weighted by Crippen LogP contribution is -2.21. The second kappa shape index (κ2) is 3.94. The maximum absolute atomic E-state index is 9.35. The van der Waals surface area contributed by atoms with Gasteiger partial charge in [0.15, 0.2) is 0 Å². The van der Waals surface area contributed by atoms with Gasteiger partial charge in [0.1, 0.15) is 5.82 Å². The highest BCUT2D eigenvalue weighted by molar-refractivity contribution is 5.31. The van der Waals surface area contributed by atoms with Crippen molar-refractivity contribution in [1.82, 2.24) is 9.88 Å². The summed E-state index contributed by atoms with van der Waals surface area (Å²) in [7, 11) is 0. The summed E-state index contributed by atoms with van der Waals surface area (Å²) in [6.45, 7) is 2.58. The molecule has 1 aromatic rings. The smallest absolute Gasteiger partial charge is 0.123 e. The molecule has 0 amide bonds. The molecule has 1 aromatic heterocycles. The fourth-order valence-corrected chi connectivity index (χ4v) is 1.81. The maximum Gasteiger partial charge on any atom is 0.123 e. The summed E-state index contributed by atoms with van der Waals surface area (Å²) in [5, 5.41) is 9.35. The lowest BCUT2D eigenvalue weighted by Gasteiger charge is -2.14. The Balaban J connectivity index is 1.97. The van der Waals surface area contributed by atoms with Gasteiger partial charge in [0.25, 0.3) is 0 Å². The molecule has 2 rings (SSSR count). The zero-order chi connectivity index (χ0) is 9.97. The van der Waals surface area contributed by atoms with Crippen molar-refractivity contribution in [2.45, 2.75) is 19.1 Å². The van der Waals surface area contributed by atoms with Gasteiger partial charge in [-0.1, -0.05) is 0 Å². The minimum Gasteiger partial charge on any atom is -0.392 e. The molecule has 1 atom stereocenters. The second-order valence-corrected chi connectivity index (χ2v) is 3.77. The highest BCUT2D eigenvalue weighted by Crippen LogP contribution is 2.13. The highest BCUT2D eigenvalue weighted by atomic mass is 16.3. The summed E-state index contributed by atoms with van der Waals surface area (Å²) < 4.78 is 0. The SMILES string of the molecule is Nc1cc(CN2CC[C@@H](O)C2)ccn1. The molecule has 4 heteroatoms. The van der Waals surface area contributed by atoms with Gasteiger partial charge in [-0.25, -0.2) is 4.98 Å². The summed E-state index contributed by atoms with van der Waals surface area (Å²) in [5.74, 6) is 0.558. The van der Waals surface area contributed by atoms with Gasteiger partial charge in [-0.2, -0.15) is 0 Å². The van der Waals surface area contributed by atoms with E-state index in [0.29, 0.717) is 5.82 Å². The van der Waals surface area contributed by atoms with Crippen LogP contribution in [0.15, 0.2) is 18.3 Å². The molecule has 0 unspecified atom stereocenters. The number of rotatable bonds is 2. The largest absolute Gasteiger partial charge is 0.392 e. The number of aromatic nitrogens is 1. The number of anilines is 1. The molecule has 14 heavy (non-hydrogen) atoms. The number of nitrogens with zero attached hydrogens (tertiary/aromatic N) is 2. The van der Waals surface area contributed by atoms with Crippen LogP contribution < -0.4 is 5.73 Å². The van der Waals surface area contributed by atoms with Gasteiger partial charge in [0, 0.05) is 25.8 Å². The molecule has 1 aliphatic heterocycles. The van der Waals surface area contributed by atoms with Crippen molar-refractivity contribution < 1.29 is 5.11 Å². The number of aliphatic hydroxyl groups is 1. The number of nitrogen functional groups attached to an aromatic ring is 1. The molecule has 76 valence electrons. The molecule has 0 aromatic carbocycles. The van der Waals surface area contributed by atoms with Crippen molar-refractivity contribution in [2.24, 2.45) is 0 Å². The fourth-order valence-electron chi connectivity index (χ4n) is 1.81. The standard InChI is InChI=1S/C10H15N3O/c11-10-5-8(1-3-12-10)6-13-4-2-9(14)7-13/h1,3,5,9,14H,2,4,6-7H2,(H2,11,12)/t9-/m1/s1. The maximum atomic E-state index is 9.35. The molecule has 4 nitrogen and oxygen atoms in total. The lowest BCUT2D eigenvalue weighted by molar-refractivity contribution is 0.175. The summed E-state index contributed by atoms with van der Waals surface area (Å²) >= 11 is 0. The van der Waals surface area contributed by atoms with E-state index in [1.807, 2.05) is 12.1 Å². The number of likely N-dealkylation sites (tertiary alicyclic amines) is 1. The van der Waals surface area contributed by atoms with Crippen LogP contribution in [0.25, 0.3) is 0 Å². The first-order valence-corrected chi connectivity index (χ1v) is 4.85. The van der Waals surface area contributed by atoms with E-state index in [-0.39, 0.29) is 6.10 Å². The van der Waals surface area contributed by atoms with Gasteiger partial charge >= 0.3 is 0 Å². The van der Waals surface area contributed by atoms with Gasteiger partial charge in [0.05, 0.1) is 6.10 Å². The van der Waals surface area contributed by atoms with E-state index in [9.17, 15) is 5.11 Å². The van der Waals surface area contributed by atoms with E-state index >= 15 is 0 Å². The molecule has 1 aliphatic rings. The Morgan fingerprint density at radius 3 is 3.14 bits per heavy atom. The van der Waals surface area contributed by atoms with Crippen LogP contribution >= 0.6 is 0 Å². The van der Waals surface area contributed by atoms with E-state index in [1.165, 1.54) is 0 Å². The number of pyridine rings is 1. The molecule has 2 heterocycles. The summed E-state index contributed by atoms with van der Waals surface area (Å²) in [4.78, 5) is 6.16. The first kappa shape index (κ1) is 9.43. The zero-order valence-electron chi connectivity index (χ0n) is 8.06. The predicted octanol–water partition coefficient (Wildman–Crippen LogP) is 0.230. The molecule has 1 fully saturated rings.